The van der Waals surface area contributed by atoms with Gasteiger partial charge in [0.05, 0.1) is 16.8 Å². The molecule has 0 radical (unpaired) electrons. The quantitative estimate of drug-likeness (QED) is 0.793. The fourth-order valence-corrected chi connectivity index (χ4v) is 3.50. The smallest absolute Gasteiger partial charge is 0.246 e. The van der Waals surface area contributed by atoms with E-state index in [1.54, 1.807) is 7.05 Å². The molecule has 21 heavy (non-hydrogen) atoms. The molecule has 2 aliphatic rings. The Labute approximate surface area is 129 Å². The lowest BCUT2D eigenvalue weighted by Gasteiger charge is -2.35. The maximum absolute atomic E-state index is 11.9. The van der Waals surface area contributed by atoms with Crippen LogP contribution in [-0.4, -0.2) is 37.8 Å². The van der Waals surface area contributed by atoms with Crippen LogP contribution < -0.4 is 15.5 Å². The van der Waals surface area contributed by atoms with Crippen LogP contribution in [0, 0.1) is 5.92 Å². The Hall–Kier alpha value is -1.30. The highest BCUT2D eigenvalue weighted by molar-refractivity contribution is 6.33. The van der Waals surface area contributed by atoms with Gasteiger partial charge in [0, 0.05) is 24.8 Å². The Kier molecular flexibility index (Phi) is 3.82. The minimum absolute atomic E-state index is 0.0505. The normalized spacial score (nSPS) is 27.0. The molecule has 1 atom stereocenters. The average molecular weight is 310 g/mol. The molecule has 1 aromatic carbocycles. The summed E-state index contributed by atoms with van der Waals surface area (Å²) in [6.07, 6.45) is 1.56. The standard InChI is InChI=1S/C15H20ClN3O2/c1-17-14-10-5-11(16)13(6-12(10)18-15(14)21)19(2)7-8-3-9(20)4-8/h5-6,8-9,14,17,20H,3-4,7H2,1-2H3,(H,18,21). The third kappa shape index (κ3) is 2.61. The monoisotopic (exact) mass is 309 g/mol. The number of anilines is 2. The molecule has 5 nitrogen and oxygen atoms in total. The lowest BCUT2D eigenvalue weighted by Crippen LogP contribution is -2.37. The van der Waals surface area contributed by atoms with Crippen molar-refractivity contribution in [2.45, 2.75) is 25.0 Å². The van der Waals surface area contributed by atoms with Gasteiger partial charge in [-0.2, -0.15) is 0 Å². The highest BCUT2D eigenvalue weighted by Gasteiger charge is 2.32. The van der Waals surface area contributed by atoms with Crippen LogP contribution in [0.2, 0.25) is 5.02 Å². The molecule has 1 amide bonds. The summed E-state index contributed by atoms with van der Waals surface area (Å²) in [4.78, 5) is 14.0. The maximum atomic E-state index is 11.9. The van der Waals surface area contributed by atoms with Crippen molar-refractivity contribution in [1.82, 2.24) is 5.32 Å². The molecule has 114 valence electrons. The van der Waals surface area contributed by atoms with Crippen molar-refractivity contribution < 1.29 is 9.90 Å². The lowest BCUT2D eigenvalue weighted by molar-refractivity contribution is -0.117. The largest absolute Gasteiger partial charge is 0.393 e. The first kappa shape index (κ1) is 14.6. The number of hydrogen-bond acceptors (Lipinski definition) is 4. The summed E-state index contributed by atoms with van der Waals surface area (Å²) >= 11 is 6.39. The van der Waals surface area contributed by atoms with Gasteiger partial charge in [-0.1, -0.05) is 11.6 Å². The molecule has 1 saturated carbocycles. The third-order valence-electron chi connectivity index (χ3n) is 4.39. The van der Waals surface area contributed by atoms with E-state index in [0.717, 1.165) is 36.3 Å². The summed E-state index contributed by atoms with van der Waals surface area (Å²) in [5.74, 6) is 0.458. The Morgan fingerprint density at radius 1 is 1.48 bits per heavy atom. The number of hydrogen-bond donors (Lipinski definition) is 3. The number of amides is 1. The first-order valence-corrected chi connectivity index (χ1v) is 7.58. The van der Waals surface area contributed by atoms with Crippen LogP contribution in [0.5, 0.6) is 0 Å². The van der Waals surface area contributed by atoms with Crippen molar-refractivity contribution in [3.63, 3.8) is 0 Å². The van der Waals surface area contributed by atoms with Gasteiger partial charge in [-0.15, -0.1) is 0 Å². The Morgan fingerprint density at radius 2 is 2.19 bits per heavy atom. The zero-order chi connectivity index (χ0) is 15.1. The van der Waals surface area contributed by atoms with E-state index in [2.05, 4.69) is 15.5 Å². The van der Waals surface area contributed by atoms with Gasteiger partial charge >= 0.3 is 0 Å². The second-order valence-electron chi connectivity index (χ2n) is 5.97. The summed E-state index contributed by atoms with van der Waals surface area (Å²) in [5.41, 5.74) is 2.62. The number of rotatable bonds is 4. The van der Waals surface area contributed by atoms with Gasteiger partial charge in [0.25, 0.3) is 0 Å². The van der Waals surface area contributed by atoms with Crippen molar-refractivity contribution in [2.24, 2.45) is 5.92 Å². The van der Waals surface area contributed by atoms with Crippen LogP contribution in [0.4, 0.5) is 11.4 Å². The summed E-state index contributed by atoms with van der Waals surface area (Å²) in [5, 5.41) is 15.9. The topological polar surface area (TPSA) is 64.6 Å². The van der Waals surface area contributed by atoms with Gasteiger partial charge in [-0.3, -0.25) is 4.79 Å². The first-order valence-electron chi connectivity index (χ1n) is 7.20. The SMILES string of the molecule is CNC1C(=O)Nc2cc(N(C)CC3CC(O)C3)c(Cl)cc21. The van der Waals surface area contributed by atoms with Crippen molar-refractivity contribution in [3.8, 4) is 0 Å². The number of aliphatic hydroxyl groups excluding tert-OH is 1. The van der Waals surface area contributed by atoms with Gasteiger partial charge in [0.1, 0.15) is 6.04 Å². The molecular formula is C15H20ClN3O2. The predicted molar refractivity (Wildman–Crippen MR) is 83.9 cm³/mol. The second kappa shape index (κ2) is 5.48. The maximum Gasteiger partial charge on any atom is 0.246 e. The number of carbonyl (C=O) groups excluding carboxylic acids is 1. The van der Waals surface area contributed by atoms with Crippen LogP contribution >= 0.6 is 11.6 Å². The molecule has 1 unspecified atom stereocenters. The molecule has 0 saturated heterocycles. The van der Waals surface area contributed by atoms with E-state index in [-0.39, 0.29) is 18.1 Å². The zero-order valence-corrected chi connectivity index (χ0v) is 12.9. The molecule has 1 heterocycles. The molecule has 1 aromatic rings. The fraction of sp³-hybridized carbons (Fsp3) is 0.533. The highest BCUT2D eigenvalue weighted by Crippen LogP contribution is 2.39. The van der Waals surface area contributed by atoms with Crippen LogP contribution in [0.25, 0.3) is 0 Å². The van der Waals surface area contributed by atoms with E-state index in [1.807, 2.05) is 19.2 Å². The first-order chi connectivity index (χ1) is 9.99. The number of fused-ring (bicyclic) bond motifs is 1. The van der Waals surface area contributed by atoms with Crippen LogP contribution in [0.3, 0.4) is 0 Å². The zero-order valence-electron chi connectivity index (χ0n) is 12.2. The van der Waals surface area contributed by atoms with Crippen LogP contribution in [0.15, 0.2) is 12.1 Å². The average Bonchev–Trinajstić information content (AvgIpc) is 2.70. The summed E-state index contributed by atoms with van der Waals surface area (Å²) in [6.45, 7) is 0.860. The van der Waals surface area contributed by atoms with E-state index in [1.165, 1.54) is 0 Å². The predicted octanol–water partition coefficient (Wildman–Crippen LogP) is 1.76. The number of benzene rings is 1. The number of likely N-dealkylation sites (N-methyl/N-ethyl adjacent to an activating group) is 1. The van der Waals surface area contributed by atoms with E-state index in [9.17, 15) is 9.90 Å². The molecule has 3 rings (SSSR count). The Bertz CT molecular complexity index is 572. The molecule has 0 spiro atoms. The number of nitrogens with zero attached hydrogens (tertiary/aromatic N) is 1. The van der Waals surface area contributed by atoms with Crippen molar-refractivity contribution in [2.75, 3.05) is 30.9 Å². The third-order valence-corrected chi connectivity index (χ3v) is 4.70. The van der Waals surface area contributed by atoms with Gasteiger partial charge in [-0.05, 0) is 37.9 Å². The molecule has 0 aromatic heterocycles. The minimum Gasteiger partial charge on any atom is -0.393 e. The number of nitrogens with one attached hydrogen (secondary N) is 2. The summed E-state index contributed by atoms with van der Waals surface area (Å²) in [7, 11) is 3.75. The second-order valence-corrected chi connectivity index (χ2v) is 6.38. The summed E-state index contributed by atoms with van der Waals surface area (Å²) < 4.78 is 0. The highest BCUT2D eigenvalue weighted by atomic mass is 35.5. The van der Waals surface area contributed by atoms with E-state index in [0.29, 0.717) is 10.9 Å². The molecular weight excluding hydrogens is 290 g/mol. The van der Waals surface area contributed by atoms with Crippen molar-refractivity contribution in [3.05, 3.63) is 22.7 Å². The fourth-order valence-electron chi connectivity index (χ4n) is 3.18. The minimum atomic E-state index is -0.335. The molecule has 1 aliphatic heterocycles. The van der Waals surface area contributed by atoms with Crippen LogP contribution in [0.1, 0.15) is 24.4 Å². The molecule has 1 fully saturated rings. The molecule has 6 heteroatoms. The van der Waals surface area contributed by atoms with E-state index < -0.39 is 0 Å². The molecule has 3 N–H and O–H groups in total. The van der Waals surface area contributed by atoms with Gasteiger partial charge in [-0.25, -0.2) is 0 Å². The van der Waals surface area contributed by atoms with E-state index >= 15 is 0 Å². The lowest BCUT2D eigenvalue weighted by atomic mass is 9.82. The van der Waals surface area contributed by atoms with E-state index in [4.69, 9.17) is 11.6 Å². The summed E-state index contributed by atoms with van der Waals surface area (Å²) in [6, 6.07) is 3.46. The molecule has 0 bridgehead atoms. The number of halogens is 1. The molecule has 1 aliphatic carbocycles. The van der Waals surface area contributed by atoms with Gasteiger partial charge < -0.3 is 20.6 Å². The number of aliphatic hydroxyl groups is 1. The Morgan fingerprint density at radius 3 is 2.81 bits per heavy atom. The number of carbonyl (C=O) groups is 1. The Balaban J connectivity index is 1.81. The van der Waals surface area contributed by atoms with Crippen molar-refractivity contribution in [1.29, 1.82) is 0 Å². The van der Waals surface area contributed by atoms with Crippen LogP contribution in [-0.2, 0) is 4.79 Å². The van der Waals surface area contributed by atoms with Gasteiger partial charge in [0.2, 0.25) is 5.91 Å². The van der Waals surface area contributed by atoms with Gasteiger partial charge in [0.15, 0.2) is 0 Å². The van der Waals surface area contributed by atoms with Crippen molar-refractivity contribution >= 4 is 28.9 Å².